The number of carbonyl (C=O) groups is 2. The van der Waals surface area contributed by atoms with Gasteiger partial charge in [-0.25, -0.2) is 4.79 Å². The summed E-state index contributed by atoms with van der Waals surface area (Å²) in [7, 11) is 1.30. The van der Waals surface area contributed by atoms with Crippen molar-refractivity contribution in [2.45, 2.75) is 55.9 Å². The van der Waals surface area contributed by atoms with Crippen molar-refractivity contribution in [3.05, 3.63) is 88.0 Å². The molecule has 0 N–H and O–H groups in total. The molecule has 0 bridgehead atoms. The van der Waals surface area contributed by atoms with E-state index in [0.29, 0.717) is 12.1 Å². The van der Waals surface area contributed by atoms with Gasteiger partial charge in [0.05, 0.1) is 41.2 Å². The van der Waals surface area contributed by atoms with Gasteiger partial charge < -0.3 is 9.47 Å². The summed E-state index contributed by atoms with van der Waals surface area (Å²) in [6.07, 6.45) is -17.9. The van der Waals surface area contributed by atoms with Crippen LogP contribution in [0.1, 0.15) is 58.1 Å². The van der Waals surface area contributed by atoms with E-state index in [-0.39, 0.29) is 39.9 Å². The predicted molar refractivity (Wildman–Crippen MR) is 147 cm³/mol. The van der Waals surface area contributed by atoms with Crippen LogP contribution >= 0.6 is 15.9 Å². The van der Waals surface area contributed by atoms with Gasteiger partial charge in [-0.15, -0.1) is 0 Å². The fraction of sp³-hybridized carbons (Fsp3) is 0.333. The number of benzene rings is 3. The molecule has 0 saturated carbocycles. The van der Waals surface area contributed by atoms with Crippen molar-refractivity contribution in [3.63, 3.8) is 0 Å². The number of hydrogen-bond acceptors (Lipinski definition) is 4. The second kappa shape index (κ2) is 12.2. The SMILES string of the molecule is COc1ccc(C(=O)C(C)Br)cc1-c1ccc(C(F)(F)F)cc1CN1C(=O)O[C@H](c2cc(C(F)(F)F)cc(C(F)(F)F)c2)[C@@H]1C. The maximum atomic E-state index is 13.8. The van der Waals surface area contributed by atoms with Crippen LogP contribution in [0.25, 0.3) is 11.1 Å². The number of ether oxygens (including phenoxy) is 2. The number of nitrogens with zero attached hydrogens (tertiary/aromatic N) is 1. The van der Waals surface area contributed by atoms with Crippen LogP contribution in [-0.4, -0.2) is 34.8 Å². The summed E-state index contributed by atoms with van der Waals surface area (Å²) in [5.74, 6) is -0.167. The van der Waals surface area contributed by atoms with Gasteiger partial charge in [-0.3, -0.25) is 9.69 Å². The summed E-state index contributed by atoms with van der Waals surface area (Å²) in [4.78, 5) is 25.9. The maximum absolute atomic E-state index is 13.8. The number of carbonyl (C=O) groups excluding carboxylic acids is 2. The zero-order valence-electron chi connectivity index (χ0n) is 23.5. The van der Waals surface area contributed by atoms with Gasteiger partial charge in [-0.1, -0.05) is 22.0 Å². The van der Waals surface area contributed by atoms with Gasteiger partial charge in [0.2, 0.25) is 0 Å². The molecule has 1 unspecified atom stereocenters. The Labute approximate surface area is 259 Å². The van der Waals surface area contributed by atoms with Crippen molar-refractivity contribution in [3.8, 4) is 16.9 Å². The minimum atomic E-state index is -5.16. The van der Waals surface area contributed by atoms with E-state index < -0.39 is 70.4 Å². The molecule has 0 radical (unpaired) electrons. The van der Waals surface area contributed by atoms with Crippen molar-refractivity contribution in [2.75, 3.05) is 7.11 Å². The summed E-state index contributed by atoms with van der Waals surface area (Å²) in [6, 6.07) is 6.55. The van der Waals surface area contributed by atoms with Crippen LogP contribution in [-0.2, 0) is 29.8 Å². The molecule has 1 heterocycles. The number of methoxy groups -OCH3 is 1. The lowest BCUT2D eigenvalue weighted by molar-refractivity contribution is -0.143. The summed E-state index contributed by atoms with van der Waals surface area (Å²) in [5.41, 5.74) is -4.51. The molecule has 0 spiro atoms. The van der Waals surface area contributed by atoms with Crippen LogP contribution in [0.2, 0.25) is 0 Å². The van der Waals surface area contributed by atoms with Crippen LogP contribution in [0.4, 0.5) is 44.3 Å². The molecular formula is C30H23BrF9NO4. The zero-order valence-corrected chi connectivity index (χ0v) is 25.1. The number of halogens is 10. The summed E-state index contributed by atoms with van der Waals surface area (Å²) in [5, 5.41) is 0. The Morgan fingerprint density at radius 3 is 1.96 bits per heavy atom. The first-order chi connectivity index (χ1) is 20.7. The van der Waals surface area contributed by atoms with E-state index in [9.17, 15) is 49.1 Å². The Balaban J connectivity index is 1.81. The molecule has 0 aliphatic carbocycles. The molecule has 1 aliphatic heterocycles. The van der Waals surface area contributed by atoms with Crippen LogP contribution in [0.5, 0.6) is 5.75 Å². The van der Waals surface area contributed by atoms with E-state index in [2.05, 4.69) is 15.9 Å². The molecule has 242 valence electrons. The average molecular weight is 712 g/mol. The second-order valence-electron chi connectivity index (χ2n) is 10.3. The lowest BCUT2D eigenvalue weighted by atomic mass is 9.93. The molecule has 1 amide bonds. The Morgan fingerprint density at radius 2 is 1.44 bits per heavy atom. The van der Waals surface area contributed by atoms with Crippen molar-refractivity contribution < 1.29 is 58.6 Å². The highest BCUT2D eigenvalue weighted by Gasteiger charge is 2.44. The van der Waals surface area contributed by atoms with E-state index >= 15 is 0 Å². The van der Waals surface area contributed by atoms with Crippen molar-refractivity contribution in [1.29, 1.82) is 0 Å². The molecule has 1 fully saturated rings. The van der Waals surface area contributed by atoms with E-state index in [1.54, 1.807) is 6.92 Å². The van der Waals surface area contributed by atoms with Gasteiger partial charge in [0.15, 0.2) is 5.78 Å². The largest absolute Gasteiger partial charge is 0.496 e. The van der Waals surface area contributed by atoms with E-state index in [1.165, 1.54) is 32.2 Å². The molecule has 1 saturated heterocycles. The standard InChI is InChI=1S/C30H23BrF9NO4/c1-14(31)25(42)16-4-7-24(44-3)23(11-16)22-6-5-19(28(32,33)34)10-18(22)13-41-15(2)26(45-27(41)43)17-8-20(29(35,36)37)12-21(9-17)30(38,39)40/h4-12,14-15,26H,13H2,1-3H3/t14?,15-,26-/m0/s1. The molecule has 45 heavy (non-hydrogen) atoms. The lowest BCUT2D eigenvalue weighted by Gasteiger charge is -2.24. The van der Waals surface area contributed by atoms with Gasteiger partial charge in [-0.05, 0) is 79.1 Å². The first kappa shape index (κ1) is 34.1. The Bertz CT molecular complexity index is 1580. The molecule has 5 nitrogen and oxygen atoms in total. The van der Waals surface area contributed by atoms with Crippen LogP contribution < -0.4 is 4.74 Å². The van der Waals surface area contributed by atoms with Crippen molar-refractivity contribution in [2.24, 2.45) is 0 Å². The van der Waals surface area contributed by atoms with Gasteiger partial charge in [0.25, 0.3) is 0 Å². The highest BCUT2D eigenvalue weighted by Crippen LogP contribution is 2.43. The van der Waals surface area contributed by atoms with Gasteiger partial charge >= 0.3 is 24.6 Å². The third kappa shape index (κ3) is 7.23. The third-order valence-corrected chi connectivity index (χ3v) is 7.66. The topological polar surface area (TPSA) is 55.8 Å². The third-order valence-electron chi connectivity index (χ3n) is 7.24. The van der Waals surface area contributed by atoms with Crippen LogP contribution in [0.15, 0.2) is 54.6 Å². The minimum absolute atomic E-state index is 0.0692. The summed E-state index contributed by atoms with van der Waals surface area (Å²) >= 11 is 3.18. The Morgan fingerprint density at radius 1 is 0.867 bits per heavy atom. The second-order valence-corrected chi connectivity index (χ2v) is 11.7. The highest BCUT2D eigenvalue weighted by molar-refractivity contribution is 9.10. The molecule has 3 atom stereocenters. The Kier molecular flexibility index (Phi) is 9.26. The fourth-order valence-electron chi connectivity index (χ4n) is 4.95. The molecule has 15 heteroatoms. The molecule has 0 aromatic heterocycles. The van der Waals surface area contributed by atoms with Crippen LogP contribution in [0, 0.1) is 0 Å². The number of cyclic esters (lactones) is 1. The normalized spacial score (nSPS) is 18.2. The molecule has 3 aromatic carbocycles. The van der Waals surface area contributed by atoms with Crippen molar-refractivity contribution in [1.82, 2.24) is 4.90 Å². The lowest BCUT2D eigenvalue weighted by Crippen LogP contribution is -2.32. The quantitative estimate of drug-likeness (QED) is 0.139. The highest BCUT2D eigenvalue weighted by atomic mass is 79.9. The van der Waals surface area contributed by atoms with Gasteiger partial charge in [0, 0.05) is 11.1 Å². The van der Waals surface area contributed by atoms with Crippen molar-refractivity contribution >= 4 is 27.8 Å². The number of alkyl halides is 10. The first-order valence-electron chi connectivity index (χ1n) is 13.1. The monoisotopic (exact) mass is 711 g/mol. The van der Waals surface area contributed by atoms with E-state index in [4.69, 9.17) is 9.47 Å². The summed E-state index contributed by atoms with van der Waals surface area (Å²) < 4.78 is 133. The first-order valence-corrected chi connectivity index (χ1v) is 14.0. The predicted octanol–water partition coefficient (Wildman–Crippen LogP) is 9.47. The fourth-order valence-corrected chi connectivity index (χ4v) is 5.22. The molecule has 1 aliphatic rings. The number of Topliss-reactive ketones (excluding diaryl/α,β-unsaturated/α-hetero) is 1. The summed E-state index contributed by atoms with van der Waals surface area (Å²) in [6.45, 7) is 2.28. The number of amides is 1. The number of hydrogen-bond donors (Lipinski definition) is 0. The van der Waals surface area contributed by atoms with E-state index in [0.717, 1.165) is 23.1 Å². The van der Waals surface area contributed by atoms with Gasteiger partial charge in [-0.2, -0.15) is 39.5 Å². The van der Waals surface area contributed by atoms with E-state index in [1.807, 2.05) is 0 Å². The number of rotatable bonds is 7. The number of ketones is 1. The minimum Gasteiger partial charge on any atom is -0.496 e. The molecular weight excluding hydrogens is 689 g/mol. The Hall–Kier alpha value is -3.75. The van der Waals surface area contributed by atoms with Crippen LogP contribution in [0.3, 0.4) is 0 Å². The maximum Gasteiger partial charge on any atom is 0.416 e. The zero-order chi connectivity index (χ0) is 33.6. The molecule has 3 aromatic rings. The van der Waals surface area contributed by atoms with Gasteiger partial charge in [0.1, 0.15) is 11.9 Å². The molecule has 4 rings (SSSR count). The average Bonchev–Trinajstić information content (AvgIpc) is 3.23. The smallest absolute Gasteiger partial charge is 0.416 e.